The highest BCUT2D eigenvalue weighted by molar-refractivity contribution is 6.34. The molecule has 1 unspecified atom stereocenters. The Morgan fingerprint density at radius 1 is 1.29 bits per heavy atom. The van der Waals surface area contributed by atoms with E-state index in [0.29, 0.717) is 11.5 Å². The molecule has 89 valence electrons. The Balaban J connectivity index is 2.21. The number of methoxy groups -OCH3 is 1. The maximum atomic E-state index is 6.51. The summed E-state index contributed by atoms with van der Waals surface area (Å²) in [6.07, 6.45) is 8.14. The topological polar surface area (TPSA) is 9.23 Å². The fraction of sp³-hybridized carbons (Fsp3) is 0.214. The molecular weight excluding hydrogens is 255 g/mol. The van der Waals surface area contributed by atoms with Gasteiger partial charge in [0.2, 0.25) is 0 Å². The number of para-hydroxylation sites is 1. The van der Waals surface area contributed by atoms with Crippen molar-refractivity contribution in [3.05, 3.63) is 59.5 Å². The van der Waals surface area contributed by atoms with Gasteiger partial charge in [-0.1, -0.05) is 42.0 Å². The molecule has 0 N–H and O–H groups in total. The van der Waals surface area contributed by atoms with Crippen LogP contribution in [0.5, 0.6) is 5.75 Å². The van der Waals surface area contributed by atoms with Gasteiger partial charge in [-0.05, 0) is 24.1 Å². The van der Waals surface area contributed by atoms with Crippen LogP contribution in [0.4, 0.5) is 0 Å². The minimum absolute atomic E-state index is 0.569. The number of benzene rings is 1. The first-order chi connectivity index (χ1) is 8.13. The van der Waals surface area contributed by atoms with Crippen LogP contribution in [0.2, 0.25) is 0 Å². The lowest BCUT2D eigenvalue weighted by atomic mass is 9.91. The van der Waals surface area contributed by atoms with Gasteiger partial charge in [0, 0.05) is 11.5 Å². The summed E-state index contributed by atoms with van der Waals surface area (Å²) in [5.74, 6) is 0.847. The van der Waals surface area contributed by atoms with Crippen LogP contribution in [0, 0.1) is 6.42 Å². The molecule has 0 bridgehead atoms. The molecule has 0 amide bonds. The van der Waals surface area contributed by atoms with Crippen molar-refractivity contribution in [3.63, 3.8) is 0 Å². The molecule has 1 aliphatic rings. The molecule has 0 spiro atoms. The van der Waals surface area contributed by atoms with E-state index in [0.717, 1.165) is 11.3 Å². The highest BCUT2D eigenvalue weighted by Crippen LogP contribution is 2.35. The van der Waals surface area contributed by atoms with E-state index < -0.39 is 4.87 Å². The molecule has 0 saturated heterocycles. The molecule has 2 rings (SSSR count). The van der Waals surface area contributed by atoms with Crippen LogP contribution in [0.1, 0.15) is 5.56 Å². The van der Waals surface area contributed by atoms with E-state index in [9.17, 15) is 0 Å². The van der Waals surface area contributed by atoms with Gasteiger partial charge in [-0.3, -0.25) is 0 Å². The van der Waals surface area contributed by atoms with Crippen LogP contribution in [-0.4, -0.2) is 12.0 Å². The Hall–Kier alpha value is -0.920. The molecule has 1 aliphatic carbocycles. The van der Waals surface area contributed by atoms with Crippen LogP contribution in [0.25, 0.3) is 0 Å². The maximum absolute atomic E-state index is 6.51. The van der Waals surface area contributed by atoms with Crippen LogP contribution < -0.4 is 4.74 Å². The second-order valence-corrected chi connectivity index (χ2v) is 5.11. The molecule has 1 nitrogen and oxygen atoms in total. The molecule has 1 atom stereocenters. The van der Waals surface area contributed by atoms with E-state index in [1.165, 1.54) is 0 Å². The second-order valence-electron chi connectivity index (χ2n) is 3.97. The lowest BCUT2D eigenvalue weighted by Gasteiger charge is -2.25. The molecule has 0 aliphatic heterocycles. The van der Waals surface area contributed by atoms with Gasteiger partial charge < -0.3 is 4.74 Å². The van der Waals surface area contributed by atoms with Gasteiger partial charge in [0.15, 0.2) is 0 Å². The zero-order valence-electron chi connectivity index (χ0n) is 9.49. The Morgan fingerprint density at radius 2 is 2.06 bits per heavy atom. The lowest BCUT2D eigenvalue weighted by molar-refractivity contribution is 0.408. The molecule has 1 aromatic carbocycles. The lowest BCUT2D eigenvalue weighted by Crippen LogP contribution is -2.24. The molecule has 0 heterocycles. The molecule has 0 fully saturated rings. The van der Waals surface area contributed by atoms with Gasteiger partial charge in [-0.2, -0.15) is 0 Å². The van der Waals surface area contributed by atoms with E-state index >= 15 is 0 Å². The van der Waals surface area contributed by atoms with Gasteiger partial charge in [-0.25, -0.2) is 0 Å². The number of halogens is 2. The summed E-state index contributed by atoms with van der Waals surface area (Å²) < 4.78 is 5.31. The number of ether oxygens (including phenoxy) is 1. The third-order valence-electron chi connectivity index (χ3n) is 2.66. The number of alkyl halides is 1. The molecule has 1 aromatic rings. The monoisotopic (exact) mass is 267 g/mol. The Kier molecular flexibility index (Phi) is 3.80. The van der Waals surface area contributed by atoms with Crippen molar-refractivity contribution in [2.24, 2.45) is 0 Å². The summed E-state index contributed by atoms with van der Waals surface area (Å²) in [6, 6.07) is 7.86. The summed E-state index contributed by atoms with van der Waals surface area (Å²) in [7, 11) is 1.66. The average molecular weight is 268 g/mol. The summed E-state index contributed by atoms with van der Waals surface area (Å²) in [5, 5.41) is 0.664. The van der Waals surface area contributed by atoms with Crippen molar-refractivity contribution < 1.29 is 4.74 Å². The number of allylic oxidation sites excluding steroid dienone is 4. The van der Waals surface area contributed by atoms with E-state index in [-0.39, 0.29) is 0 Å². The Bertz CT molecular complexity index is 465. The normalized spacial score (nSPS) is 23.4. The standard InChI is InChI=1S/C14H13Cl2O/c1-17-13-7-3-2-5-11(13)9-14(16)8-4-6-12(15)10-14/h2-8,10H,9H2,1H3. The van der Waals surface area contributed by atoms with Crippen molar-refractivity contribution in [1.29, 1.82) is 0 Å². The summed E-state index contributed by atoms with van der Waals surface area (Å²) in [6.45, 7) is 0. The summed E-state index contributed by atoms with van der Waals surface area (Å²) in [4.78, 5) is -0.569. The van der Waals surface area contributed by atoms with Crippen LogP contribution in [-0.2, 0) is 6.42 Å². The zero-order valence-corrected chi connectivity index (χ0v) is 11.0. The smallest absolute Gasteiger partial charge is 0.122 e. The summed E-state index contributed by atoms with van der Waals surface area (Å²) in [5.41, 5.74) is 1.07. The zero-order chi connectivity index (χ0) is 12.3. The van der Waals surface area contributed by atoms with E-state index in [4.69, 9.17) is 27.9 Å². The van der Waals surface area contributed by atoms with E-state index in [1.54, 1.807) is 7.11 Å². The molecule has 1 radical (unpaired) electrons. The van der Waals surface area contributed by atoms with Gasteiger partial charge >= 0.3 is 0 Å². The molecule has 0 aromatic heterocycles. The van der Waals surface area contributed by atoms with Gasteiger partial charge in [-0.15, -0.1) is 11.6 Å². The van der Waals surface area contributed by atoms with Crippen molar-refractivity contribution in [3.8, 4) is 5.75 Å². The third-order valence-corrected chi connectivity index (χ3v) is 3.26. The first-order valence-corrected chi connectivity index (χ1v) is 6.10. The highest BCUT2D eigenvalue weighted by Gasteiger charge is 2.28. The van der Waals surface area contributed by atoms with Crippen molar-refractivity contribution in [2.75, 3.05) is 7.11 Å². The minimum atomic E-state index is -0.569. The average Bonchev–Trinajstić information content (AvgIpc) is 2.29. The number of hydrogen-bond acceptors (Lipinski definition) is 1. The van der Waals surface area contributed by atoms with Crippen LogP contribution in [0.3, 0.4) is 0 Å². The first kappa shape index (κ1) is 12.5. The molecule has 0 saturated carbocycles. The van der Waals surface area contributed by atoms with Gasteiger partial charge in [0.05, 0.1) is 12.0 Å². The van der Waals surface area contributed by atoms with Crippen molar-refractivity contribution in [2.45, 2.75) is 11.3 Å². The SMILES string of the molecule is COc1ccccc1CC1(Cl)[CH]C(Cl)=CC=C1. The summed E-state index contributed by atoms with van der Waals surface area (Å²) >= 11 is 12.5. The molecule has 17 heavy (non-hydrogen) atoms. The maximum Gasteiger partial charge on any atom is 0.122 e. The van der Waals surface area contributed by atoms with E-state index in [2.05, 4.69) is 0 Å². The second kappa shape index (κ2) is 5.16. The Labute approximate surface area is 112 Å². The number of rotatable bonds is 3. The fourth-order valence-corrected chi connectivity index (χ4v) is 2.53. The quantitative estimate of drug-likeness (QED) is 0.749. The molecular formula is C14H13Cl2O. The largest absolute Gasteiger partial charge is 0.496 e. The minimum Gasteiger partial charge on any atom is -0.496 e. The van der Waals surface area contributed by atoms with Gasteiger partial charge in [0.1, 0.15) is 5.75 Å². The van der Waals surface area contributed by atoms with Crippen LogP contribution >= 0.6 is 23.2 Å². The fourth-order valence-electron chi connectivity index (χ4n) is 1.88. The Morgan fingerprint density at radius 3 is 2.76 bits per heavy atom. The predicted molar refractivity (Wildman–Crippen MR) is 72.7 cm³/mol. The van der Waals surface area contributed by atoms with Crippen molar-refractivity contribution in [1.82, 2.24) is 0 Å². The van der Waals surface area contributed by atoms with Crippen LogP contribution in [0.15, 0.2) is 47.5 Å². The molecule has 3 heteroatoms. The number of hydrogen-bond donors (Lipinski definition) is 0. The first-order valence-electron chi connectivity index (χ1n) is 5.35. The highest BCUT2D eigenvalue weighted by atomic mass is 35.5. The predicted octanol–water partition coefficient (Wildman–Crippen LogP) is 4.11. The van der Waals surface area contributed by atoms with Crippen molar-refractivity contribution >= 4 is 23.2 Å². The third kappa shape index (κ3) is 3.05. The van der Waals surface area contributed by atoms with Gasteiger partial charge in [0.25, 0.3) is 0 Å². The van der Waals surface area contributed by atoms with E-state index in [1.807, 2.05) is 48.9 Å².